The molecule has 6 nitrogen and oxygen atoms in total. The number of benzene rings is 1. The van der Waals surface area contributed by atoms with Gasteiger partial charge in [-0.05, 0) is 18.6 Å². The summed E-state index contributed by atoms with van der Waals surface area (Å²) in [4.78, 5) is 16.3. The normalized spacial score (nSPS) is 12.6. The van der Waals surface area contributed by atoms with Gasteiger partial charge in [0.25, 0.3) is 5.78 Å². The third kappa shape index (κ3) is 2.83. The molecule has 4 rings (SSSR count). The van der Waals surface area contributed by atoms with Gasteiger partial charge in [-0.2, -0.15) is 4.98 Å². The molecule has 3 aromatic heterocycles. The van der Waals surface area contributed by atoms with Gasteiger partial charge in [0.05, 0.1) is 5.25 Å². The lowest BCUT2D eigenvalue weighted by Crippen LogP contribution is -2.00. The Morgan fingerprint density at radius 1 is 1.13 bits per heavy atom. The number of nitrogens with zero attached hydrogens (tertiary/aromatic N) is 5. The lowest BCUT2D eigenvalue weighted by atomic mass is 10.1. The minimum Gasteiger partial charge on any atom is -0.347 e. The van der Waals surface area contributed by atoms with Crippen molar-refractivity contribution in [1.82, 2.24) is 29.5 Å². The van der Waals surface area contributed by atoms with E-state index in [2.05, 4.69) is 56.2 Å². The molecule has 0 aliphatic heterocycles. The molecule has 23 heavy (non-hydrogen) atoms. The van der Waals surface area contributed by atoms with Gasteiger partial charge in [-0.3, -0.25) is 0 Å². The van der Waals surface area contributed by atoms with Gasteiger partial charge in [0.15, 0.2) is 0 Å². The molecule has 0 fully saturated rings. The van der Waals surface area contributed by atoms with Crippen LogP contribution in [0.4, 0.5) is 0 Å². The van der Waals surface area contributed by atoms with Crippen molar-refractivity contribution >= 4 is 17.5 Å². The Morgan fingerprint density at radius 2 is 2.00 bits per heavy atom. The largest absolute Gasteiger partial charge is 0.347 e. The summed E-state index contributed by atoms with van der Waals surface area (Å²) in [5, 5.41) is 5.14. The van der Waals surface area contributed by atoms with Crippen molar-refractivity contribution < 1.29 is 0 Å². The quantitative estimate of drug-likeness (QED) is 0.585. The van der Waals surface area contributed by atoms with E-state index in [0.29, 0.717) is 10.9 Å². The maximum atomic E-state index is 4.47. The molecule has 0 aliphatic rings. The van der Waals surface area contributed by atoms with Gasteiger partial charge < -0.3 is 4.98 Å². The lowest BCUT2D eigenvalue weighted by molar-refractivity contribution is 0.874. The summed E-state index contributed by atoms with van der Waals surface area (Å²) in [7, 11) is 0. The second-order valence-corrected chi connectivity index (χ2v) is 6.21. The topological polar surface area (TPSA) is 71.8 Å². The van der Waals surface area contributed by atoms with Crippen LogP contribution in [0.15, 0.2) is 60.3 Å². The summed E-state index contributed by atoms with van der Waals surface area (Å²) in [6.07, 6.45) is 7.14. The number of imidazole rings is 1. The molecular formula is C16H14N6S. The van der Waals surface area contributed by atoms with Crippen molar-refractivity contribution in [3.63, 3.8) is 0 Å². The summed E-state index contributed by atoms with van der Waals surface area (Å²) in [6.45, 7) is 2.08. The first kappa shape index (κ1) is 14.0. The van der Waals surface area contributed by atoms with Crippen molar-refractivity contribution in [3.05, 3.63) is 72.1 Å². The molecule has 0 spiro atoms. The predicted octanol–water partition coefficient (Wildman–Crippen LogP) is 3.04. The first-order valence-electron chi connectivity index (χ1n) is 7.19. The van der Waals surface area contributed by atoms with Crippen LogP contribution in [0.1, 0.15) is 22.2 Å². The number of fused-ring (bicyclic) bond motifs is 1. The predicted molar refractivity (Wildman–Crippen MR) is 88.2 cm³/mol. The maximum Gasteiger partial charge on any atom is 0.253 e. The molecule has 0 bridgehead atoms. The van der Waals surface area contributed by atoms with Crippen molar-refractivity contribution in [2.45, 2.75) is 17.3 Å². The summed E-state index contributed by atoms with van der Waals surface area (Å²) in [6, 6.07) is 10.3. The van der Waals surface area contributed by atoms with Gasteiger partial charge in [0.2, 0.25) is 5.16 Å². The maximum absolute atomic E-state index is 4.47. The van der Waals surface area contributed by atoms with Gasteiger partial charge in [0, 0.05) is 24.8 Å². The van der Waals surface area contributed by atoms with Crippen LogP contribution in [0, 0.1) is 6.92 Å². The molecule has 4 aromatic rings. The molecule has 1 N–H and O–H groups in total. The van der Waals surface area contributed by atoms with E-state index in [1.54, 1.807) is 28.7 Å². The molecule has 114 valence electrons. The molecular weight excluding hydrogens is 308 g/mol. The highest BCUT2D eigenvalue weighted by molar-refractivity contribution is 7.99. The highest BCUT2D eigenvalue weighted by Gasteiger charge is 2.20. The van der Waals surface area contributed by atoms with E-state index < -0.39 is 0 Å². The fourth-order valence-corrected chi connectivity index (χ4v) is 3.33. The zero-order chi connectivity index (χ0) is 15.6. The van der Waals surface area contributed by atoms with Crippen molar-refractivity contribution in [2.75, 3.05) is 0 Å². The fraction of sp³-hybridized carbons (Fsp3) is 0.125. The molecule has 0 aliphatic carbocycles. The van der Waals surface area contributed by atoms with Crippen molar-refractivity contribution in [3.8, 4) is 0 Å². The van der Waals surface area contributed by atoms with E-state index in [-0.39, 0.29) is 5.25 Å². The second kappa shape index (κ2) is 5.85. The van der Waals surface area contributed by atoms with Crippen LogP contribution in [0.5, 0.6) is 0 Å². The van der Waals surface area contributed by atoms with E-state index in [0.717, 1.165) is 11.4 Å². The Morgan fingerprint density at radius 3 is 2.74 bits per heavy atom. The Labute approximate surface area is 137 Å². The number of H-pyrrole nitrogens is 1. The van der Waals surface area contributed by atoms with Gasteiger partial charge in [-0.15, -0.1) is 5.10 Å². The van der Waals surface area contributed by atoms with Crippen LogP contribution >= 0.6 is 11.8 Å². The molecule has 1 atom stereocenters. The zero-order valence-corrected chi connectivity index (χ0v) is 13.2. The SMILES string of the molecule is Cc1ccc(C(Sc2nc3ncccn3n2)c2ncc[nH]2)cc1. The molecule has 7 heteroatoms. The van der Waals surface area contributed by atoms with Gasteiger partial charge in [-0.25, -0.2) is 14.5 Å². The molecule has 0 radical (unpaired) electrons. The van der Waals surface area contributed by atoms with Crippen LogP contribution in [-0.2, 0) is 0 Å². The number of aryl methyl sites for hydroxylation is 1. The summed E-state index contributed by atoms with van der Waals surface area (Å²) < 4.78 is 1.68. The lowest BCUT2D eigenvalue weighted by Gasteiger charge is -2.13. The first-order valence-corrected chi connectivity index (χ1v) is 8.07. The molecule has 0 amide bonds. The van der Waals surface area contributed by atoms with Gasteiger partial charge in [-0.1, -0.05) is 41.6 Å². The monoisotopic (exact) mass is 322 g/mol. The van der Waals surface area contributed by atoms with Crippen LogP contribution in [-0.4, -0.2) is 29.5 Å². The van der Waals surface area contributed by atoms with Crippen molar-refractivity contribution in [2.24, 2.45) is 0 Å². The van der Waals surface area contributed by atoms with Crippen molar-refractivity contribution in [1.29, 1.82) is 0 Å². The fourth-order valence-electron chi connectivity index (χ4n) is 2.31. The third-order valence-corrected chi connectivity index (χ3v) is 4.58. The van der Waals surface area contributed by atoms with E-state index >= 15 is 0 Å². The molecule has 1 aromatic carbocycles. The molecule has 1 unspecified atom stereocenters. The smallest absolute Gasteiger partial charge is 0.253 e. The minimum absolute atomic E-state index is 0.00279. The second-order valence-electron chi connectivity index (χ2n) is 5.14. The van der Waals surface area contributed by atoms with E-state index in [1.165, 1.54) is 5.56 Å². The number of hydrogen-bond donors (Lipinski definition) is 1. The number of thioether (sulfide) groups is 1. The zero-order valence-electron chi connectivity index (χ0n) is 12.4. The van der Waals surface area contributed by atoms with Crippen LogP contribution in [0.2, 0.25) is 0 Å². The standard InChI is InChI=1S/C16H14N6S/c1-11-3-5-12(6-4-11)13(14-17-8-9-18-14)23-16-20-15-19-7-2-10-22(15)21-16/h2-10,13H,1H3,(H,17,18). The highest BCUT2D eigenvalue weighted by Crippen LogP contribution is 2.37. The average Bonchev–Trinajstić information content (AvgIpc) is 3.22. The average molecular weight is 322 g/mol. The first-order chi connectivity index (χ1) is 11.3. The Kier molecular flexibility index (Phi) is 3.55. The van der Waals surface area contributed by atoms with E-state index in [9.17, 15) is 0 Å². The molecule has 3 heterocycles. The van der Waals surface area contributed by atoms with Gasteiger partial charge in [0.1, 0.15) is 5.82 Å². The molecule has 0 saturated heterocycles. The summed E-state index contributed by atoms with van der Waals surface area (Å²) in [5.74, 6) is 1.47. The molecule has 0 saturated carbocycles. The van der Waals surface area contributed by atoms with E-state index in [4.69, 9.17) is 0 Å². The number of nitrogens with one attached hydrogen (secondary N) is 1. The van der Waals surface area contributed by atoms with Crippen LogP contribution in [0.3, 0.4) is 0 Å². The minimum atomic E-state index is 0.00279. The third-order valence-electron chi connectivity index (χ3n) is 3.47. The number of hydrogen-bond acceptors (Lipinski definition) is 5. The highest BCUT2D eigenvalue weighted by atomic mass is 32.2. The number of aromatic amines is 1. The Balaban J connectivity index is 1.72. The summed E-state index contributed by atoms with van der Waals surface area (Å²) >= 11 is 1.55. The Bertz CT molecular complexity index is 880. The van der Waals surface area contributed by atoms with E-state index in [1.807, 2.05) is 18.5 Å². The summed E-state index contributed by atoms with van der Waals surface area (Å²) in [5.41, 5.74) is 2.38. The number of aromatic nitrogens is 6. The Hall–Kier alpha value is -2.67. The van der Waals surface area contributed by atoms with Crippen LogP contribution in [0.25, 0.3) is 5.78 Å². The van der Waals surface area contributed by atoms with Crippen LogP contribution < -0.4 is 0 Å². The van der Waals surface area contributed by atoms with Gasteiger partial charge >= 0.3 is 0 Å². The number of rotatable bonds is 4.